The first-order valence-corrected chi connectivity index (χ1v) is 9.55. The van der Waals surface area contributed by atoms with Gasteiger partial charge in [0.1, 0.15) is 5.76 Å². The smallest absolute Gasteiger partial charge is 0.271 e. The van der Waals surface area contributed by atoms with E-state index in [1.165, 1.54) is 36.7 Å². The summed E-state index contributed by atoms with van der Waals surface area (Å²) in [5.41, 5.74) is 2.82. The molecular formula is C18H14ClN3O4S. The van der Waals surface area contributed by atoms with Gasteiger partial charge >= 0.3 is 0 Å². The van der Waals surface area contributed by atoms with Gasteiger partial charge in [-0.05, 0) is 54.6 Å². The highest BCUT2D eigenvalue weighted by atomic mass is 35.5. The highest BCUT2D eigenvalue weighted by Crippen LogP contribution is 2.19. The quantitative estimate of drug-likeness (QED) is 0.485. The van der Waals surface area contributed by atoms with Crippen LogP contribution >= 0.6 is 11.6 Å². The molecule has 2 aromatic carbocycles. The predicted octanol–water partition coefficient (Wildman–Crippen LogP) is 3.50. The van der Waals surface area contributed by atoms with Crippen molar-refractivity contribution in [3.8, 4) is 0 Å². The van der Waals surface area contributed by atoms with Crippen molar-refractivity contribution in [1.82, 2.24) is 5.43 Å². The van der Waals surface area contributed by atoms with Gasteiger partial charge in [-0.3, -0.25) is 9.52 Å². The molecule has 9 heteroatoms. The molecular weight excluding hydrogens is 390 g/mol. The van der Waals surface area contributed by atoms with Gasteiger partial charge in [0.05, 0.1) is 17.4 Å². The first kappa shape index (κ1) is 18.7. The Hall–Kier alpha value is -3.10. The number of halogens is 1. The van der Waals surface area contributed by atoms with Crippen molar-refractivity contribution < 1.29 is 17.6 Å². The highest BCUT2D eigenvalue weighted by molar-refractivity contribution is 7.92. The molecule has 7 nitrogen and oxygen atoms in total. The average Bonchev–Trinajstić information content (AvgIpc) is 3.17. The molecule has 1 heterocycles. The lowest BCUT2D eigenvalue weighted by atomic mass is 10.2. The van der Waals surface area contributed by atoms with Gasteiger partial charge in [-0.25, -0.2) is 13.8 Å². The summed E-state index contributed by atoms with van der Waals surface area (Å²) in [4.78, 5) is 12.1. The Morgan fingerprint density at radius 2 is 1.85 bits per heavy atom. The van der Waals surface area contributed by atoms with E-state index in [-0.39, 0.29) is 10.5 Å². The molecule has 0 spiro atoms. The molecule has 0 aliphatic carbocycles. The standard InChI is InChI=1S/C18H14ClN3O4S/c19-14-6-8-15(9-7-14)22-27(24,25)17-5-1-3-13(11-17)18(23)21-20-12-16-4-2-10-26-16/h1-12,22H,(H,21,23)/b20-12-. The van der Waals surface area contributed by atoms with Gasteiger partial charge in [-0.1, -0.05) is 17.7 Å². The number of nitrogens with zero attached hydrogens (tertiary/aromatic N) is 1. The van der Waals surface area contributed by atoms with Gasteiger partial charge in [-0.2, -0.15) is 5.10 Å². The second-order valence-corrected chi connectivity index (χ2v) is 7.47. The lowest BCUT2D eigenvalue weighted by Crippen LogP contribution is -2.19. The third kappa shape index (κ3) is 4.96. The summed E-state index contributed by atoms with van der Waals surface area (Å²) >= 11 is 5.79. The van der Waals surface area contributed by atoms with E-state index in [0.29, 0.717) is 16.5 Å². The molecule has 2 N–H and O–H groups in total. The maximum Gasteiger partial charge on any atom is 0.271 e. The first-order chi connectivity index (χ1) is 12.9. The lowest BCUT2D eigenvalue weighted by Gasteiger charge is -2.09. The van der Waals surface area contributed by atoms with Crippen LogP contribution in [0.1, 0.15) is 16.1 Å². The van der Waals surface area contributed by atoms with Crippen LogP contribution < -0.4 is 10.1 Å². The van der Waals surface area contributed by atoms with Crippen molar-refractivity contribution in [2.24, 2.45) is 5.10 Å². The van der Waals surface area contributed by atoms with Crippen molar-refractivity contribution in [3.63, 3.8) is 0 Å². The number of hydrogen-bond donors (Lipinski definition) is 2. The number of carbonyl (C=O) groups is 1. The van der Waals surface area contributed by atoms with Gasteiger partial charge in [0.2, 0.25) is 0 Å². The molecule has 3 rings (SSSR count). The Morgan fingerprint density at radius 1 is 1.07 bits per heavy atom. The SMILES string of the molecule is O=C(N/N=C\c1ccco1)c1cccc(S(=O)(=O)Nc2ccc(Cl)cc2)c1. The van der Waals surface area contributed by atoms with Crippen LogP contribution in [-0.2, 0) is 10.0 Å². The molecule has 0 saturated heterocycles. The minimum atomic E-state index is -3.86. The van der Waals surface area contributed by atoms with Crippen molar-refractivity contribution >= 4 is 39.4 Å². The van der Waals surface area contributed by atoms with Crippen LogP contribution in [0.25, 0.3) is 0 Å². The average molecular weight is 404 g/mol. The number of anilines is 1. The van der Waals surface area contributed by atoms with Crippen LogP contribution in [0.4, 0.5) is 5.69 Å². The zero-order valence-electron chi connectivity index (χ0n) is 13.8. The molecule has 0 fully saturated rings. The minimum Gasteiger partial charge on any atom is -0.463 e. The summed E-state index contributed by atoms with van der Waals surface area (Å²) in [6, 6.07) is 15.2. The zero-order chi connectivity index (χ0) is 19.3. The highest BCUT2D eigenvalue weighted by Gasteiger charge is 2.16. The second kappa shape index (κ2) is 8.07. The van der Waals surface area contributed by atoms with Crippen molar-refractivity contribution in [2.45, 2.75) is 4.90 Å². The van der Waals surface area contributed by atoms with E-state index in [2.05, 4.69) is 15.2 Å². The molecule has 0 unspecified atom stereocenters. The van der Waals surface area contributed by atoms with E-state index in [0.717, 1.165) is 0 Å². The van der Waals surface area contributed by atoms with Crippen molar-refractivity contribution in [3.05, 3.63) is 83.3 Å². The number of hydrogen-bond acceptors (Lipinski definition) is 5. The van der Waals surface area contributed by atoms with Gasteiger partial charge < -0.3 is 4.42 Å². The Morgan fingerprint density at radius 3 is 2.56 bits per heavy atom. The minimum absolute atomic E-state index is 0.0554. The molecule has 27 heavy (non-hydrogen) atoms. The molecule has 138 valence electrons. The van der Waals surface area contributed by atoms with Crippen molar-refractivity contribution in [2.75, 3.05) is 4.72 Å². The van der Waals surface area contributed by atoms with Gasteiger partial charge in [0.15, 0.2) is 0 Å². The number of carbonyl (C=O) groups excluding carboxylic acids is 1. The summed E-state index contributed by atoms with van der Waals surface area (Å²) < 4.78 is 32.5. The number of rotatable bonds is 6. The third-order valence-corrected chi connectivity index (χ3v) is 5.03. The maximum atomic E-state index is 12.5. The molecule has 0 saturated carbocycles. The Balaban J connectivity index is 1.73. The topological polar surface area (TPSA) is 101 Å². The van der Waals surface area contributed by atoms with Gasteiger partial charge in [-0.15, -0.1) is 0 Å². The van der Waals surface area contributed by atoms with Crippen LogP contribution in [0, 0.1) is 0 Å². The Labute approximate surface area is 160 Å². The lowest BCUT2D eigenvalue weighted by molar-refractivity contribution is 0.0955. The van der Waals surface area contributed by atoms with E-state index in [1.807, 2.05) is 0 Å². The fraction of sp³-hybridized carbons (Fsp3) is 0. The fourth-order valence-corrected chi connectivity index (χ4v) is 3.35. The summed E-state index contributed by atoms with van der Waals surface area (Å²) in [5.74, 6) is -0.0832. The number of amides is 1. The van der Waals surface area contributed by atoms with Crippen LogP contribution in [0.15, 0.2) is 81.3 Å². The number of benzene rings is 2. The molecule has 1 amide bonds. The Bertz CT molecular complexity index is 1060. The predicted molar refractivity (Wildman–Crippen MR) is 102 cm³/mol. The maximum absolute atomic E-state index is 12.5. The first-order valence-electron chi connectivity index (χ1n) is 7.69. The van der Waals surface area contributed by atoms with E-state index >= 15 is 0 Å². The van der Waals surface area contributed by atoms with Gasteiger partial charge in [0.25, 0.3) is 15.9 Å². The van der Waals surface area contributed by atoms with E-state index in [9.17, 15) is 13.2 Å². The van der Waals surface area contributed by atoms with Crippen LogP contribution in [0.2, 0.25) is 5.02 Å². The van der Waals surface area contributed by atoms with E-state index in [4.69, 9.17) is 16.0 Å². The molecule has 1 aromatic heterocycles. The van der Waals surface area contributed by atoms with Crippen molar-refractivity contribution in [1.29, 1.82) is 0 Å². The number of hydrazone groups is 1. The third-order valence-electron chi connectivity index (χ3n) is 3.40. The van der Waals surface area contributed by atoms with Crippen LogP contribution in [0.5, 0.6) is 0 Å². The summed E-state index contributed by atoms with van der Waals surface area (Å²) in [6.07, 6.45) is 2.81. The second-order valence-electron chi connectivity index (χ2n) is 5.35. The summed E-state index contributed by atoms with van der Waals surface area (Å²) in [7, 11) is -3.86. The van der Waals surface area contributed by atoms with Gasteiger partial charge in [0, 0.05) is 16.3 Å². The Kier molecular flexibility index (Phi) is 5.58. The molecule has 0 aliphatic heterocycles. The summed E-state index contributed by atoms with van der Waals surface area (Å²) in [5, 5.41) is 4.25. The zero-order valence-corrected chi connectivity index (χ0v) is 15.4. The fourth-order valence-electron chi connectivity index (χ4n) is 2.12. The largest absolute Gasteiger partial charge is 0.463 e. The normalized spacial score (nSPS) is 11.4. The van der Waals surface area contributed by atoms with Crippen LogP contribution in [0.3, 0.4) is 0 Å². The molecule has 3 aromatic rings. The van der Waals surface area contributed by atoms with Crippen LogP contribution in [-0.4, -0.2) is 20.5 Å². The number of furan rings is 1. The number of sulfonamides is 1. The number of nitrogens with one attached hydrogen (secondary N) is 2. The molecule has 0 atom stereocenters. The summed E-state index contributed by atoms with van der Waals surface area (Å²) in [6.45, 7) is 0. The van der Waals surface area contributed by atoms with E-state index < -0.39 is 15.9 Å². The monoisotopic (exact) mass is 403 g/mol. The van der Waals surface area contributed by atoms with E-state index in [1.54, 1.807) is 36.4 Å². The molecule has 0 bridgehead atoms. The molecule has 0 radical (unpaired) electrons. The molecule has 0 aliphatic rings.